The molecule has 7 nitrogen and oxygen atoms in total. The van der Waals surface area contributed by atoms with Crippen LogP contribution in [0.3, 0.4) is 0 Å². The second-order valence-corrected chi connectivity index (χ2v) is 8.58. The SMILES string of the molecule is NCCNS(=O)(=O)c1cccc(NC(=O)C2CC3CCCCC3N2)c1. The second kappa shape index (κ2) is 7.82. The van der Waals surface area contributed by atoms with Crippen molar-refractivity contribution in [2.75, 3.05) is 18.4 Å². The highest BCUT2D eigenvalue weighted by atomic mass is 32.2. The molecule has 138 valence electrons. The van der Waals surface area contributed by atoms with Gasteiger partial charge in [-0.2, -0.15) is 0 Å². The molecule has 5 N–H and O–H groups in total. The van der Waals surface area contributed by atoms with Crippen molar-refractivity contribution in [1.29, 1.82) is 0 Å². The Labute approximate surface area is 148 Å². The molecule has 0 aromatic heterocycles. The molecule has 1 saturated carbocycles. The van der Waals surface area contributed by atoms with E-state index in [1.807, 2.05) is 0 Å². The van der Waals surface area contributed by atoms with Gasteiger partial charge in [-0.1, -0.05) is 18.9 Å². The van der Waals surface area contributed by atoms with Crippen LogP contribution in [-0.4, -0.2) is 39.5 Å². The van der Waals surface area contributed by atoms with Crippen LogP contribution in [0.5, 0.6) is 0 Å². The fourth-order valence-electron chi connectivity index (χ4n) is 3.77. The summed E-state index contributed by atoms with van der Waals surface area (Å²) in [5.74, 6) is 0.482. The van der Waals surface area contributed by atoms with E-state index in [1.165, 1.54) is 31.4 Å². The minimum absolute atomic E-state index is 0.0983. The van der Waals surface area contributed by atoms with Gasteiger partial charge in [-0.3, -0.25) is 4.79 Å². The van der Waals surface area contributed by atoms with Gasteiger partial charge in [0.05, 0.1) is 10.9 Å². The number of rotatable bonds is 6. The van der Waals surface area contributed by atoms with Gasteiger partial charge in [-0.15, -0.1) is 0 Å². The van der Waals surface area contributed by atoms with E-state index in [0.29, 0.717) is 17.6 Å². The van der Waals surface area contributed by atoms with Crippen molar-refractivity contribution in [1.82, 2.24) is 10.0 Å². The number of sulfonamides is 1. The third-order valence-electron chi connectivity index (χ3n) is 5.03. The molecule has 3 atom stereocenters. The molecular weight excluding hydrogens is 340 g/mol. The van der Waals surface area contributed by atoms with Crippen molar-refractivity contribution in [2.45, 2.75) is 49.1 Å². The molecule has 0 radical (unpaired) electrons. The summed E-state index contributed by atoms with van der Waals surface area (Å²) in [4.78, 5) is 12.7. The van der Waals surface area contributed by atoms with Crippen molar-refractivity contribution in [3.63, 3.8) is 0 Å². The van der Waals surface area contributed by atoms with Crippen LogP contribution in [0.2, 0.25) is 0 Å². The lowest BCUT2D eigenvalue weighted by atomic mass is 9.85. The normalized spacial score (nSPS) is 26.2. The molecule has 3 unspecified atom stereocenters. The number of carbonyl (C=O) groups is 1. The molecule has 0 spiro atoms. The average Bonchev–Trinajstić information content (AvgIpc) is 3.04. The van der Waals surface area contributed by atoms with Gasteiger partial charge in [0.1, 0.15) is 0 Å². The van der Waals surface area contributed by atoms with Crippen LogP contribution in [0, 0.1) is 5.92 Å². The zero-order valence-electron chi connectivity index (χ0n) is 14.2. The fourth-order valence-corrected chi connectivity index (χ4v) is 4.86. The number of hydrogen-bond donors (Lipinski definition) is 4. The number of fused-ring (bicyclic) bond motifs is 1. The van der Waals surface area contributed by atoms with Crippen molar-refractivity contribution >= 4 is 21.6 Å². The first-order valence-electron chi connectivity index (χ1n) is 8.86. The largest absolute Gasteiger partial charge is 0.329 e. The van der Waals surface area contributed by atoms with Crippen molar-refractivity contribution in [2.24, 2.45) is 11.7 Å². The van der Waals surface area contributed by atoms with Gasteiger partial charge in [0.2, 0.25) is 15.9 Å². The molecule has 2 aliphatic rings. The highest BCUT2D eigenvalue weighted by Gasteiger charge is 2.38. The van der Waals surface area contributed by atoms with Gasteiger partial charge in [-0.25, -0.2) is 13.1 Å². The van der Waals surface area contributed by atoms with Crippen LogP contribution in [0.25, 0.3) is 0 Å². The summed E-state index contributed by atoms with van der Waals surface area (Å²) in [7, 11) is -3.61. The Hall–Kier alpha value is -1.48. The number of benzene rings is 1. The lowest BCUT2D eigenvalue weighted by Crippen LogP contribution is -2.39. The van der Waals surface area contributed by atoms with Gasteiger partial charge in [-0.05, 0) is 43.4 Å². The van der Waals surface area contributed by atoms with Crippen molar-refractivity contribution in [3.05, 3.63) is 24.3 Å². The van der Waals surface area contributed by atoms with Crippen LogP contribution in [0.1, 0.15) is 32.1 Å². The van der Waals surface area contributed by atoms with Crippen molar-refractivity contribution < 1.29 is 13.2 Å². The molecule has 1 aromatic rings. The van der Waals surface area contributed by atoms with Crippen molar-refractivity contribution in [3.8, 4) is 0 Å². The number of amides is 1. The standard InChI is InChI=1S/C17H26N4O3S/c18-8-9-19-25(23,24)14-6-3-5-13(11-14)20-17(22)16-10-12-4-1-2-7-15(12)21-16/h3,5-6,11-12,15-16,19,21H,1-2,4,7-10,18H2,(H,20,22). The number of nitrogens with two attached hydrogens (primary N) is 1. The van der Waals surface area contributed by atoms with Crippen LogP contribution in [-0.2, 0) is 14.8 Å². The number of hydrogen-bond acceptors (Lipinski definition) is 5. The Morgan fingerprint density at radius 2 is 2.08 bits per heavy atom. The van der Waals surface area contributed by atoms with E-state index in [9.17, 15) is 13.2 Å². The smallest absolute Gasteiger partial charge is 0.241 e. The summed E-state index contributed by atoms with van der Waals surface area (Å²) in [6.07, 6.45) is 5.63. The highest BCUT2D eigenvalue weighted by molar-refractivity contribution is 7.89. The zero-order valence-corrected chi connectivity index (χ0v) is 15.0. The Kier molecular flexibility index (Phi) is 5.73. The Bertz CT molecular complexity index is 708. The van der Waals surface area contributed by atoms with E-state index in [2.05, 4.69) is 15.4 Å². The predicted molar refractivity (Wildman–Crippen MR) is 96.6 cm³/mol. The molecule has 1 heterocycles. The van der Waals surface area contributed by atoms with E-state index in [1.54, 1.807) is 12.1 Å². The van der Waals surface area contributed by atoms with Gasteiger partial charge in [0.25, 0.3) is 0 Å². The van der Waals surface area contributed by atoms with Gasteiger partial charge in [0, 0.05) is 24.8 Å². The maximum Gasteiger partial charge on any atom is 0.241 e. The molecule has 1 saturated heterocycles. The Morgan fingerprint density at radius 3 is 2.84 bits per heavy atom. The monoisotopic (exact) mass is 366 g/mol. The minimum atomic E-state index is -3.61. The van der Waals surface area contributed by atoms with E-state index in [-0.39, 0.29) is 29.9 Å². The number of nitrogens with one attached hydrogen (secondary N) is 3. The lowest BCUT2D eigenvalue weighted by Gasteiger charge is -2.24. The summed E-state index contributed by atoms with van der Waals surface area (Å²) < 4.78 is 26.7. The third kappa shape index (κ3) is 4.38. The summed E-state index contributed by atoms with van der Waals surface area (Å²) in [6, 6.07) is 6.52. The maximum atomic E-state index is 12.5. The molecule has 2 fully saturated rings. The second-order valence-electron chi connectivity index (χ2n) is 6.81. The van der Waals surface area contributed by atoms with E-state index in [4.69, 9.17) is 5.73 Å². The summed E-state index contributed by atoms with van der Waals surface area (Å²) in [6.45, 7) is 0.402. The zero-order chi connectivity index (χ0) is 17.9. The van der Waals surface area contributed by atoms with Crippen LogP contribution in [0.4, 0.5) is 5.69 Å². The third-order valence-corrected chi connectivity index (χ3v) is 6.49. The Balaban J connectivity index is 1.65. The molecule has 8 heteroatoms. The molecule has 3 rings (SSSR count). The minimum Gasteiger partial charge on any atom is -0.329 e. The van der Waals surface area contributed by atoms with Gasteiger partial charge in [0.15, 0.2) is 0 Å². The molecule has 25 heavy (non-hydrogen) atoms. The molecular formula is C17H26N4O3S. The van der Waals surface area contributed by atoms with Crippen LogP contribution in [0.15, 0.2) is 29.2 Å². The average molecular weight is 366 g/mol. The summed E-state index contributed by atoms with van der Waals surface area (Å²) >= 11 is 0. The van der Waals surface area contributed by atoms with Gasteiger partial charge >= 0.3 is 0 Å². The quantitative estimate of drug-likeness (QED) is 0.594. The molecule has 1 aliphatic carbocycles. The van der Waals surface area contributed by atoms with E-state index < -0.39 is 10.0 Å². The summed E-state index contributed by atoms with van der Waals surface area (Å²) in [5, 5.41) is 6.27. The first kappa shape index (κ1) is 18.3. The number of carbonyl (C=O) groups excluding carboxylic acids is 1. The van der Waals surface area contributed by atoms with Gasteiger partial charge < -0.3 is 16.4 Å². The highest BCUT2D eigenvalue weighted by Crippen LogP contribution is 2.33. The fraction of sp³-hybridized carbons (Fsp3) is 0.588. The Morgan fingerprint density at radius 1 is 1.28 bits per heavy atom. The van der Waals surface area contributed by atoms with E-state index in [0.717, 1.165) is 12.8 Å². The molecule has 1 amide bonds. The molecule has 0 bridgehead atoms. The topological polar surface area (TPSA) is 113 Å². The number of anilines is 1. The van der Waals surface area contributed by atoms with E-state index >= 15 is 0 Å². The van der Waals surface area contributed by atoms with Crippen LogP contribution < -0.4 is 21.1 Å². The lowest BCUT2D eigenvalue weighted by molar-refractivity contribution is -0.117. The summed E-state index contributed by atoms with van der Waals surface area (Å²) in [5.41, 5.74) is 5.82. The van der Waals surface area contributed by atoms with Crippen LogP contribution >= 0.6 is 0 Å². The first-order chi connectivity index (χ1) is 12.0. The predicted octanol–water partition coefficient (Wildman–Crippen LogP) is 0.783. The molecule has 1 aromatic carbocycles. The molecule has 1 aliphatic heterocycles. The first-order valence-corrected chi connectivity index (χ1v) is 10.3. The maximum absolute atomic E-state index is 12.5.